The van der Waals surface area contributed by atoms with E-state index in [1.54, 1.807) is 11.7 Å². The summed E-state index contributed by atoms with van der Waals surface area (Å²) in [5, 5.41) is 4.47. The number of hydrogen-bond acceptors (Lipinski definition) is 4. The molecule has 0 aliphatic rings. The van der Waals surface area contributed by atoms with Crippen LogP contribution in [0, 0.1) is 0 Å². The van der Waals surface area contributed by atoms with Gasteiger partial charge in [0.1, 0.15) is 18.3 Å². The lowest BCUT2D eigenvalue weighted by Crippen LogP contribution is -2.46. The van der Waals surface area contributed by atoms with Gasteiger partial charge < -0.3 is 4.90 Å². The van der Waals surface area contributed by atoms with Crippen molar-refractivity contribution < 1.29 is 4.79 Å². The molecule has 0 bridgehead atoms. The van der Waals surface area contributed by atoms with Crippen molar-refractivity contribution in [1.29, 1.82) is 0 Å². The minimum Gasteiger partial charge on any atom is -0.336 e. The number of aryl methyl sites for hydroxylation is 1. The Hall–Kier alpha value is -2.18. The minimum atomic E-state index is -0.232. The van der Waals surface area contributed by atoms with Crippen LogP contribution >= 0.6 is 0 Å². The molecule has 2 aromatic rings. The number of rotatable bonds is 6. The van der Waals surface area contributed by atoms with Crippen LogP contribution in [0.25, 0.3) is 11.0 Å². The number of nitrogens with zero attached hydrogens (tertiary/aromatic N) is 5. The van der Waals surface area contributed by atoms with Gasteiger partial charge in [-0.2, -0.15) is 5.10 Å². The molecule has 0 radical (unpaired) electrons. The summed E-state index contributed by atoms with van der Waals surface area (Å²) in [6.07, 6.45) is 4.68. The molecule has 0 saturated carbocycles. The topological polar surface area (TPSA) is 73.0 Å². The summed E-state index contributed by atoms with van der Waals surface area (Å²) < 4.78 is 2.91. The highest BCUT2D eigenvalue weighted by Gasteiger charge is 2.24. The molecule has 0 aromatic carbocycles. The second-order valence-electron chi connectivity index (χ2n) is 6.00. The first kappa shape index (κ1) is 17.2. The van der Waals surface area contributed by atoms with Gasteiger partial charge in [0.2, 0.25) is 5.91 Å². The van der Waals surface area contributed by atoms with Gasteiger partial charge >= 0.3 is 0 Å². The second kappa shape index (κ2) is 6.93. The summed E-state index contributed by atoms with van der Waals surface area (Å²) in [7, 11) is 1.73. The molecule has 2 aromatic heterocycles. The van der Waals surface area contributed by atoms with E-state index >= 15 is 0 Å². The highest BCUT2D eigenvalue weighted by molar-refractivity contribution is 5.77. The van der Waals surface area contributed by atoms with Gasteiger partial charge in [-0.05, 0) is 26.7 Å². The van der Waals surface area contributed by atoms with Crippen LogP contribution in [0.4, 0.5) is 0 Å². The zero-order valence-electron chi connectivity index (χ0n) is 14.5. The molecule has 0 N–H and O–H groups in total. The molecule has 0 fully saturated rings. The smallest absolute Gasteiger partial charge is 0.264 e. The fourth-order valence-corrected chi connectivity index (χ4v) is 2.73. The SMILES string of the molecule is CCC(C)N(C(=O)Cn1cnc2c(cnn2C)c1=O)C(C)CC. The highest BCUT2D eigenvalue weighted by atomic mass is 16.2. The molecule has 2 heterocycles. The molecule has 2 unspecified atom stereocenters. The van der Waals surface area contributed by atoms with Crippen molar-refractivity contribution in [1.82, 2.24) is 24.2 Å². The lowest BCUT2D eigenvalue weighted by atomic mass is 10.1. The zero-order valence-corrected chi connectivity index (χ0v) is 14.5. The summed E-state index contributed by atoms with van der Waals surface area (Å²) in [5.41, 5.74) is 0.295. The molecule has 126 valence electrons. The fourth-order valence-electron chi connectivity index (χ4n) is 2.73. The van der Waals surface area contributed by atoms with E-state index in [1.807, 2.05) is 18.7 Å². The van der Waals surface area contributed by atoms with Crippen LogP contribution in [0.3, 0.4) is 0 Å². The monoisotopic (exact) mass is 319 g/mol. The van der Waals surface area contributed by atoms with Crippen LogP contribution in [-0.4, -0.2) is 42.2 Å². The number of fused-ring (bicyclic) bond motifs is 1. The van der Waals surface area contributed by atoms with Crippen molar-refractivity contribution in [3.8, 4) is 0 Å². The number of carbonyl (C=O) groups excluding carboxylic acids is 1. The van der Waals surface area contributed by atoms with Gasteiger partial charge in [-0.3, -0.25) is 18.8 Å². The molecule has 2 rings (SSSR count). The normalized spacial score (nSPS) is 14.0. The first-order valence-corrected chi connectivity index (χ1v) is 8.08. The average molecular weight is 319 g/mol. The van der Waals surface area contributed by atoms with Crippen LogP contribution in [-0.2, 0) is 18.4 Å². The Balaban J connectivity index is 2.31. The first-order valence-electron chi connectivity index (χ1n) is 8.08. The molecular formula is C16H25N5O2. The Labute approximate surface area is 135 Å². The third-order valence-corrected chi connectivity index (χ3v) is 4.44. The molecule has 0 aliphatic heterocycles. The van der Waals surface area contributed by atoms with Gasteiger partial charge in [-0.15, -0.1) is 0 Å². The maximum atomic E-state index is 12.7. The zero-order chi connectivity index (χ0) is 17.1. The molecule has 1 amide bonds. The summed E-state index contributed by atoms with van der Waals surface area (Å²) in [5.74, 6) is -0.0548. The van der Waals surface area contributed by atoms with E-state index in [2.05, 4.69) is 23.9 Å². The van der Waals surface area contributed by atoms with Crippen LogP contribution in [0.2, 0.25) is 0 Å². The van der Waals surface area contributed by atoms with Crippen molar-refractivity contribution >= 4 is 16.9 Å². The Kier molecular flexibility index (Phi) is 5.18. The molecule has 2 atom stereocenters. The van der Waals surface area contributed by atoms with Gasteiger partial charge in [0.05, 0.1) is 6.20 Å². The predicted molar refractivity (Wildman–Crippen MR) is 89.1 cm³/mol. The van der Waals surface area contributed by atoms with E-state index in [1.165, 1.54) is 17.1 Å². The predicted octanol–water partition coefficient (Wildman–Crippen LogP) is 1.56. The van der Waals surface area contributed by atoms with Crippen molar-refractivity contribution in [2.75, 3.05) is 0 Å². The number of aromatic nitrogens is 4. The van der Waals surface area contributed by atoms with Crippen LogP contribution in [0.5, 0.6) is 0 Å². The molecule has 7 nitrogen and oxygen atoms in total. The second-order valence-corrected chi connectivity index (χ2v) is 6.00. The van der Waals surface area contributed by atoms with E-state index in [4.69, 9.17) is 0 Å². The van der Waals surface area contributed by atoms with Gasteiger partial charge in [0.15, 0.2) is 5.65 Å². The van der Waals surface area contributed by atoms with E-state index in [9.17, 15) is 9.59 Å². The van der Waals surface area contributed by atoms with Crippen molar-refractivity contribution in [3.63, 3.8) is 0 Å². The molecule has 7 heteroatoms. The first-order chi connectivity index (χ1) is 10.9. The highest BCUT2D eigenvalue weighted by Crippen LogP contribution is 2.13. The fraction of sp³-hybridized carbons (Fsp3) is 0.625. The van der Waals surface area contributed by atoms with E-state index < -0.39 is 0 Å². The van der Waals surface area contributed by atoms with Crippen LogP contribution in [0.15, 0.2) is 17.3 Å². The van der Waals surface area contributed by atoms with E-state index in [-0.39, 0.29) is 30.1 Å². The van der Waals surface area contributed by atoms with Gasteiger partial charge in [0.25, 0.3) is 5.56 Å². The van der Waals surface area contributed by atoms with Gasteiger partial charge in [0, 0.05) is 19.1 Å². The third kappa shape index (κ3) is 3.28. The Morgan fingerprint density at radius 2 is 1.87 bits per heavy atom. The number of carbonyl (C=O) groups is 1. The Morgan fingerprint density at radius 3 is 2.43 bits per heavy atom. The third-order valence-electron chi connectivity index (χ3n) is 4.44. The Bertz CT molecular complexity index is 738. The lowest BCUT2D eigenvalue weighted by molar-refractivity contribution is -0.136. The number of hydrogen-bond donors (Lipinski definition) is 0. The van der Waals surface area contributed by atoms with Gasteiger partial charge in [-0.25, -0.2) is 4.98 Å². The maximum Gasteiger partial charge on any atom is 0.264 e. The van der Waals surface area contributed by atoms with E-state index in [0.29, 0.717) is 11.0 Å². The summed E-state index contributed by atoms with van der Waals surface area (Å²) in [6, 6.07) is 0.284. The standard InChI is InChI=1S/C16H25N5O2/c1-6-11(3)21(12(4)7-2)14(22)9-20-10-17-15-13(16(20)23)8-18-19(15)5/h8,10-12H,6-7,9H2,1-5H3. The maximum absolute atomic E-state index is 12.7. The molecule has 0 saturated heterocycles. The van der Waals surface area contributed by atoms with E-state index in [0.717, 1.165) is 12.8 Å². The largest absolute Gasteiger partial charge is 0.336 e. The minimum absolute atomic E-state index is 0.00531. The number of amides is 1. The lowest BCUT2D eigenvalue weighted by Gasteiger charge is -2.34. The molecule has 0 aliphatic carbocycles. The molecular weight excluding hydrogens is 294 g/mol. The van der Waals surface area contributed by atoms with Crippen molar-refractivity contribution in [2.24, 2.45) is 7.05 Å². The van der Waals surface area contributed by atoms with Crippen molar-refractivity contribution in [3.05, 3.63) is 22.9 Å². The van der Waals surface area contributed by atoms with Crippen LogP contribution in [0.1, 0.15) is 40.5 Å². The molecule has 0 spiro atoms. The summed E-state index contributed by atoms with van der Waals surface area (Å²) in [4.78, 5) is 31.3. The molecule has 23 heavy (non-hydrogen) atoms. The summed E-state index contributed by atoms with van der Waals surface area (Å²) >= 11 is 0. The Morgan fingerprint density at radius 1 is 1.26 bits per heavy atom. The van der Waals surface area contributed by atoms with Gasteiger partial charge in [-0.1, -0.05) is 13.8 Å². The average Bonchev–Trinajstić information content (AvgIpc) is 2.91. The summed E-state index contributed by atoms with van der Waals surface area (Å²) in [6.45, 7) is 8.20. The van der Waals surface area contributed by atoms with Crippen LogP contribution < -0.4 is 5.56 Å². The van der Waals surface area contributed by atoms with Crippen molar-refractivity contribution in [2.45, 2.75) is 59.2 Å². The quantitative estimate of drug-likeness (QED) is 0.810.